The maximum absolute atomic E-state index is 5.15. The Hall–Kier alpha value is -2.42. The van der Waals surface area contributed by atoms with E-state index in [1.807, 2.05) is 36.5 Å². The average molecular weight is 374 g/mol. The van der Waals surface area contributed by atoms with Crippen LogP contribution in [0.15, 0.2) is 17.4 Å². The number of aryl methyl sites for hydroxylation is 2. The average Bonchev–Trinajstić information content (AvgIpc) is 3.37. The summed E-state index contributed by atoms with van der Waals surface area (Å²) in [6.45, 7) is 5.95. The lowest BCUT2D eigenvalue weighted by molar-refractivity contribution is 0.195. The molecule has 1 N–H and O–H groups in total. The van der Waals surface area contributed by atoms with Crippen LogP contribution in [-0.4, -0.2) is 68.8 Å². The van der Waals surface area contributed by atoms with Crippen LogP contribution in [0.25, 0.3) is 0 Å². The van der Waals surface area contributed by atoms with Crippen molar-refractivity contribution in [2.75, 3.05) is 33.4 Å². The molecule has 1 unspecified atom stereocenters. The monoisotopic (exact) mass is 374 g/mol. The molecule has 0 radical (unpaired) electrons. The molecule has 0 saturated carbocycles. The minimum Gasteiger partial charge on any atom is -0.385 e. The predicted molar refractivity (Wildman–Crippen MR) is 104 cm³/mol. The van der Waals surface area contributed by atoms with Crippen LogP contribution >= 0.6 is 0 Å². The highest BCUT2D eigenvalue weighted by molar-refractivity contribution is 5.80. The number of methoxy groups -OCH3 is 1. The highest BCUT2D eigenvalue weighted by atomic mass is 16.5. The first-order valence-electron chi connectivity index (χ1n) is 9.44. The summed E-state index contributed by atoms with van der Waals surface area (Å²) in [6.07, 6.45) is 6.13. The molecule has 0 aromatic carbocycles. The maximum atomic E-state index is 5.15. The number of hydrogen-bond acceptors (Lipinski definition) is 5. The molecule has 0 aliphatic carbocycles. The Balaban J connectivity index is 1.67. The fourth-order valence-electron chi connectivity index (χ4n) is 3.29. The Bertz CT molecular complexity index is 765. The normalized spacial score (nSPS) is 17.7. The predicted octanol–water partition coefficient (Wildman–Crippen LogP) is 0.829. The number of nitrogens with zero attached hydrogens (tertiary/aromatic N) is 7. The summed E-state index contributed by atoms with van der Waals surface area (Å²) in [5, 5.41) is 16.1. The zero-order valence-electron chi connectivity index (χ0n) is 16.7. The van der Waals surface area contributed by atoms with Gasteiger partial charge >= 0.3 is 0 Å². The Labute approximate surface area is 160 Å². The number of nitrogens with one attached hydrogen (secondary N) is 1. The minimum atomic E-state index is 0.488. The number of hydrogen-bond donors (Lipinski definition) is 1. The molecule has 1 aliphatic heterocycles. The SMILES string of the molecule is COCCCNC(=NCc1nnc(C)n1C)N1CCC(c2cnn(C)c2)C1. The number of guanidine groups is 1. The fraction of sp³-hybridized carbons (Fsp3) is 0.667. The molecule has 1 fully saturated rings. The second-order valence-electron chi connectivity index (χ2n) is 7.01. The topological polar surface area (TPSA) is 85.4 Å². The molecular formula is C18H30N8O. The smallest absolute Gasteiger partial charge is 0.194 e. The van der Waals surface area contributed by atoms with E-state index in [1.165, 1.54) is 5.56 Å². The number of aliphatic imine (C=N–C) groups is 1. The van der Waals surface area contributed by atoms with Gasteiger partial charge < -0.3 is 19.5 Å². The Morgan fingerprint density at radius 3 is 2.89 bits per heavy atom. The number of rotatable bonds is 7. The van der Waals surface area contributed by atoms with Crippen molar-refractivity contribution in [3.8, 4) is 0 Å². The molecule has 3 heterocycles. The van der Waals surface area contributed by atoms with E-state index < -0.39 is 0 Å². The molecule has 1 saturated heterocycles. The largest absolute Gasteiger partial charge is 0.385 e. The van der Waals surface area contributed by atoms with Crippen molar-refractivity contribution in [3.05, 3.63) is 29.6 Å². The van der Waals surface area contributed by atoms with Crippen molar-refractivity contribution >= 4 is 5.96 Å². The molecule has 9 heteroatoms. The van der Waals surface area contributed by atoms with Crippen LogP contribution < -0.4 is 5.32 Å². The third-order valence-electron chi connectivity index (χ3n) is 5.05. The molecule has 27 heavy (non-hydrogen) atoms. The Morgan fingerprint density at radius 1 is 1.37 bits per heavy atom. The first kappa shape index (κ1) is 19.3. The molecular weight excluding hydrogens is 344 g/mol. The van der Waals surface area contributed by atoms with Gasteiger partial charge in [0.1, 0.15) is 12.4 Å². The van der Waals surface area contributed by atoms with E-state index in [0.717, 1.165) is 56.7 Å². The van der Waals surface area contributed by atoms with E-state index >= 15 is 0 Å². The number of ether oxygens (including phenoxy) is 1. The van der Waals surface area contributed by atoms with Crippen LogP contribution in [-0.2, 0) is 25.4 Å². The quantitative estimate of drug-likeness (QED) is 0.439. The highest BCUT2D eigenvalue weighted by Gasteiger charge is 2.27. The third kappa shape index (κ3) is 4.85. The Morgan fingerprint density at radius 2 is 2.22 bits per heavy atom. The molecule has 0 amide bonds. The second kappa shape index (κ2) is 8.98. The van der Waals surface area contributed by atoms with Gasteiger partial charge in [-0.05, 0) is 25.3 Å². The summed E-state index contributed by atoms with van der Waals surface area (Å²) in [5.41, 5.74) is 1.29. The maximum Gasteiger partial charge on any atom is 0.194 e. The molecule has 1 aliphatic rings. The summed E-state index contributed by atoms with van der Waals surface area (Å²) in [4.78, 5) is 7.15. The van der Waals surface area contributed by atoms with Gasteiger partial charge in [0.25, 0.3) is 0 Å². The van der Waals surface area contributed by atoms with E-state index in [-0.39, 0.29) is 0 Å². The standard InChI is InChI=1S/C18H30N8O/c1-14-22-23-17(25(14)3)11-20-18(19-7-5-9-27-4)26-8-6-15(13-26)16-10-21-24(2)12-16/h10,12,15H,5-9,11,13H2,1-4H3,(H,19,20). The van der Waals surface area contributed by atoms with E-state index in [9.17, 15) is 0 Å². The van der Waals surface area contributed by atoms with Crippen molar-refractivity contribution in [1.82, 2.24) is 34.8 Å². The molecule has 3 rings (SSSR count). The summed E-state index contributed by atoms with van der Waals surface area (Å²) in [5.74, 6) is 3.18. The highest BCUT2D eigenvalue weighted by Crippen LogP contribution is 2.26. The van der Waals surface area contributed by atoms with Crippen LogP contribution in [0.2, 0.25) is 0 Å². The van der Waals surface area contributed by atoms with Crippen molar-refractivity contribution in [3.63, 3.8) is 0 Å². The van der Waals surface area contributed by atoms with Crippen LogP contribution in [0.1, 0.15) is 36.0 Å². The molecule has 2 aromatic heterocycles. The van der Waals surface area contributed by atoms with Crippen molar-refractivity contribution in [2.24, 2.45) is 19.1 Å². The van der Waals surface area contributed by atoms with Crippen LogP contribution in [0.4, 0.5) is 0 Å². The zero-order valence-corrected chi connectivity index (χ0v) is 16.7. The summed E-state index contributed by atoms with van der Waals surface area (Å²) in [7, 11) is 5.66. The van der Waals surface area contributed by atoms with Crippen molar-refractivity contribution in [1.29, 1.82) is 0 Å². The molecule has 148 valence electrons. The van der Waals surface area contributed by atoms with Crippen molar-refractivity contribution < 1.29 is 4.74 Å². The van der Waals surface area contributed by atoms with Crippen LogP contribution in [0, 0.1) is 6.92 Å². The van der Waals surface area contributed by atoms with Gasteiger partial charge in [-0.1, -0.05) is 0 Å². The van der Waals surface area contributed by atoms with Gasteiger partial charge in [-0.25, -0.2) is 4.99 Å². The zero-order chi connectivity index (χ0) is 19.2. The number of likely N-dealkylation sites (tertiary alicyclic amines) is 1. The second-order valence-corrected chi connectivity index (χ2v) is 7.01. The lowest BCUT2D eigenvalue weighted by Gasteiger charge is -2.22. The van der Waals surface area contributed by atoms with Gasteiger partial charge in [0.15, 0.2) is 11.8 Å². The van der Waals surface area contributed by atoms with Crippen LogP contribution in [0.3, 0.4) is 0 Å². The summed E-state index contributed by atoms with van der Waals surface area (Å²) >= 11 is 0. The van der Waals surface area contributed by atoms with E-state index in [2.05, 4.69) is 31.7 Å². The van der Waals surface area contributed by atoms with Gasteiger partial charge in [-0.3, -0.25) is 4.68 Å². The molecule has 0 bridgehead atoms. The first-order valence-corrected chi connectivity index (χ1v) is 9.44. The lowest BCUT2D eigenvalue weighted by atomic mass is 10.0. The van der Waals surface area contributed by atoms with Gasteiger partial charge in [0.2, 0.25) is 0 Å². The first-order chi connectivity index (χ1) is 13.1. The van der Waals surface area contributed by atoms with Gasteiger partial charge in [-0.15, -0.1) is 10.2 Å². The molecule has 0 spiro atoms. The van der Waals surface area contributed by atoms with E-state index in [0.29, 0.717) is 12.5 Å². The van der Waals surface area contributed by atoms with Crippen LogP contribution in [0.5, 0.6) is 0 Å². The van der Waals surface area contributed by atoms with Gasteiger partial charge in [0.05, 0.1) is 6.20 Å². The fourth-order valence-corrected chi connectivity index (χ4v) is 3.29. The molecule has 2 aromatic rings. The summed E-state index contributed by atoms with van der Waals surface area (Å²) in [6, 6.07) is 0. The lowest BCUT2D eigenvalue weighted by Crippen LogP contribution is -2.40. The molecule has 9 nitrogen and oxygen atoms in total. The minimum absolute atomic E-state index is 0.488. The third-order valence-corrected chi connectivity index (χ3v) is 5.05. The van der Waals surface area contributed by atoms with Gasteiger partial charge in [0, 0.05) is 59.6 Å². The van der Waals surface area contributed by atoms with Crippen molar-refractivity contribution in [2.45, 2.75) is 32.2 Å². The number of aromatic nitrogens is 5. The summed E-state index contributed by atoms with van der Waals surface area (Å²) < 4.78 is 9.00. The van der Waals surface area contributed by atoms with E-state index in [1.54, 1.807) is 7.11 Å². The van der Waals surface area contributed by atoms with Gasteiger partial charge in [-0.2, -0.15) is 5.10 Å². The molecule has 1 atom stereocenters. The van der Waals surface area contributed by atoms with E-state index in [4.69, 9.17) is 9.73 Å². The Kier molecular flexibility index (Phi) is 6.44.